The third kappa shape index (κ3) is 5.69. The molecule has 2 amide bonds. The molecule has 0 aliphatic rings. The summed E-state index contributed by atoms with van der Waals surface area (Å²) in [6.45, 7) is 1.96. The standard InChI is InChI=1S/C17H18N2O6/c1-2-9-24-17(22)12-5-7-13(8-6-12)25-11-15(20)18-19-16(21)14-4-3-10-23-14/h3-8,10H,2,9,11H2,1H3,(H,18,20)(H,19,21). The van der Waals surface area contributed by atoms with Gasteiger partial charge in [0.2, 0.25) is 0 Å². The number of hydrogen-bond donors (Lipinski definition) is 2. The summed E-state index contributed by atoms with van der Waals surface area (Å²) in [7, 11) is 0. The average Bonchev–Trinajstić information content (AvgIpc) is 3.17. The fourth-order valence-electron chi connectivity index (χ4n) is 1.75. The minimum absolute atomic E-state index is 0.0757. The quantitative estimate of drug-likeness (QED) is 0.583. The molecule has 8 heteroatoms. The van der Waals surface area contributed by atoms with Gasteiger partial charge in [-0.3, -0.25) is 20.4 Å². The maximum Gasteiger partial charge on any atom is 0.338 e. The topological polar surface area (TPSA) is 107 Å². The summed E-state index contributed by atoms with van der Waals surface area (Å²) in [6.07, 6.45) is 2.10. The van der Waals surface area contributed by atoms with Crippen molar-refractivity contribution in [1.82, 2.24) is 10.9 Å². The molecule has 0 spiro atoms. The Hall–Kier alpha value is -3.29. The largest absolute Gasteiger partial charge is 0.484 e. The Labute approximate surface area is 144 Å². The molecular weight excluding hydrogens is 328 g/mol. The van der Waals surface area contributed by atoms with Gasteiger partial charge in [0.1, 0.15) is 5.75 Å². The van der Waals surface area contributed by atoms with Crippen LogP contribution in [0.25, 0.3) is 0 Å². The number of rotatable bonds is 7. The molecule has 1 heterocycles. The molecule has 2 rings (SSSR count). The Morgan fingerprint density at radius 3 is 2.48 bits per heavy atom. The van der Waals surface area contributed by atoms with E-state index < -0.39 is 17.8 Å². The molecule has 0 fully saturated rings. The molecule has 2 N–H and O–H groups in total. The third-order valence-corrected chi connectivity index (χ3v) is 2.96. The normalized spacial score (nSPS) is 9.96. The molecule has 8 nitrogen and oxygen atoms in total. The first-order valence-electron chi connectivity index (χ1n) is 7.63. The van der Waals surface area contributed by atoms with E-state index in [-0.39, 0.29) is 12.4 Å². The first-order valence-corrected chi connectivity index (χ1v) is 7.63. The van der Waals surface area contributed by atoms with Crippen LogP contribution in [0.3, 0.4) is 0 Å². The lowest BCUT2D eigenvalue weighted by Crippen LogP contribution is -2.43. The summed E-state index contributed by atoms with van der Waals surface area (Å²) < 4.78 is 15.2. The number of ether oxygens (including phenoxy) is 2. The van der Waals surface area contributed by atoms with Gasteiger partial charge in [0.15, 0.2) is 12.4 Å². The summed E-state index contributed by atoms with van der Waals surface area (Å²) in [5, 5.41) is 0. The number of hydrogen-bond acceptors (Lipinski definition) is 6. The van der Waals surface area contributed by atoms with Crippen molar-refractivity contribution in [2.75, 3.05) is 13.2 Å². The van der Waals surface area contributed by atoms with Crippen molar-refractivity contribution in [2.45, 2.75) is 13.3 Å². The van der Waals surface area contributed by atoms with Crippen LogP contribution in [-0.2, 0) is 9.53 Å². The lowest BCUT2D eigenvalue weighted by Gasteiger charge is -2.08. The number of amides is 2. The maximum atomic E-state index is 11.7. The van der Waals surface area contributed by atoms with Gasteiger partial charge >= 0.3 is 11.9 Å². The molecule has 2 aromatic rings. The second-order valence-electron chi connectivity index (χ2n) is 4.93. The zero-order valence-electron chi connectivity index (χ0n) is 13.6. The van der Waals surface area contributed by atoms with E-state index in [1.165, 1.54) is 12.3 Å². The first-order chi connectivity index (χ1) is 12.1. The predicted molar refractivity (Wildman–Crippen MR) is 86.8 cm³/mol. The molecule has 0 aliphatic carbocycles. The Morgan fingerprint density at radius 1 is 1.08 bits per heavy atom. The third-order valence-electron chi connectivity index (χ3n) is 2.96. The number of nitrogens with one attached hydrogen (secondary N) is 2. The van der Waals surface area contributed by atoms with Crippen molar-refractivity contribution in [3.8, 4) is 5.75 Å². The number of benzene rings is 1. The van der Waals surface area contributed by atoms with E-state index in [2.05, 4.69) is 10.9 Å². The highest BCUT2D eigenvalue weighted by Gasteiger charge is 2.10. The van der Waals surface area contributed by atoms with Crippen LogP contribution in [0.4, 0.5) is 0 Å². The fraction of sp³-hybridized carbons (Fsp3) is 0.235. The highest BCUT2D eigenvalue weighted by molar-refractivity contribution is 5.93. The molecule has 0 saturated heterocycles. The molecule has 0 bridgehead atoms. The van der Waals surface area contributed by atoms with Gasteiger partial charge in [-0.15, -0.1) is 0 Å². The summed E-state index contributed by atoms with van der Waals surface area (Å²) in [6, 6.07) is 9.22. The number of furan rings is 1. The van der Waals surface area contributed by atoms with Crippen LogP contribution < -0.4 is 15.6 Å². The van der Waals surface area contributed by atoms with E-state index in [1.807, 2.05) is 6.92 Å². The Morgan fingerprint density at radius 2 is 1.84 bits per heavy atom. The van der Waals surface area contributed by atoms with Crippen LogP contribution in [0.2, 0.25) is 0 Å². The maximum absolute atomic E-state index is 11.7. The Bertz CT molecular complexity index is 709. The summed E-state index contributed by atoms with van der Waals surface area (Å²) >= 11 is 0. The van der Waals surface area contributed by atoms with Gasteiger partial charge in [0.05, 0.1) is 18.4 Å². The highest BCUT2D eigenvalue weighted by Crippen LogP contribution is 2.13. The van der Waals surface area contributed by atoms with E-state index in [1.54, 1.807) is 30.3 Å². The average molecular weight is 346 g/mol. The molecule has 0 atom stereocenters. The molecule has 0 saturated carbocycles. The van der Waals surface area contributed by atoms with Gasteiger partial charge in [-0.1, -0.05) is 6.92 Å². The van der Waals surface area contributed by atoms with Crippen molar-refractivity contribution in [2.24, 2.45) is 0 Å². The zero-order chi connectivity index (χ0) is 18.1. The molecule has 1 aromatic heterocycles. The second-order valence-corrected chi connectivity index (χ2v) is 4.93. The molecule has 0 radical (unpaired) electrons. The number of carbonyl (C=O) groups excluding carboxylic acids is 3. The lowest BCUT2D eigenvalue weighted by atomic mass is 10.2. The van der Waals surface area contributed by atoms with E-state index in [4.69, 9.17) is 13.9 Å². The van der Waals surface area contributed by atoms with Crippen molar-refractivity contribution in [3.05, 3.63) is 54.0 Å². The van der Waals surface area contributed by atoms with Gasteiger partial charge in [0, 0.05) is 0 Å². The predicted octanol–water partition coefficient (Wildman–Crippen LogP) is 1.69. The van der Waals surface area contributed by atoms with Crippen LogP contribution in [0, 0.1) is 0 Å². The minimum Gasteiger partial charge on any atom is -0.484 e. The molecule has 0 aliphatic heterocycles. The molecule has 132 valence electrons. The number of hydrazine groups is 1. The van der Waals surface area contributed by atoms with E-state index in [0.29, 0.717) is 17.9 Å². The number of carbonyl (C=O) groups is 3. The van der Waals surface area contributed by atoms with Crippen LogP contribution >= 0.6 is 0 Å². The van der Waals surface area contributed by atoms with Crippen LogP contribution in [-0.4, -0.2) is 31.0 Å². The molecule has 0 unspecified atom stereocenters. The van der Waals surface area contributed by atoms with Gasteiger partial charge in [0.25, 0.3) is 5.91 Å². The highest BCUT2D eigenvalue weighted by atomic mass is 16.5. The number of esters is 1. The summed E-state index contributed by atoms with van der Waals surface area (Å²) in [4.78, 5) is 34.8. The van der Waals surface area contributed by atoms with E-state index >= 15 is 0 Å². The van der Waals surface area contributed by atoms with Gasteiger partial charge in [-0.25, -0.2) is 4.79 Å². The minimum atomic E-state index is -0.576. The van der Waals surface area contributed by atoms with Gasteiger partial charge in [-0.05, 0) is 42.8 Å². The summed E-state index contributed by atoms with van der Waals surface area (Å²) in [5.74, 6) is -1.06. The van der Waals surface area contributed by atoms with Crippen LogP contribution in [0.15, 0.2) is 47.1 Å². The van der Waals surface area contributed by atoms with Crippen molar-refractivity contribution in [1.29, 1.82) is 0 Å². The van der Waals surface area contributed by atoms with Gasteiger partial charge in [-0.2, -0.15) is 0 Å². The van der Waals surface area contributed by atoms with Gasteiger partial charge < -0.3 is 13.9 Å². The van der Waals surface area contributed by atoms with Crippen molar-refractivity contribution in [3.63, 3.8) is 0 Å². The summed E-state index contributed by atoms with van der Waals surface area (Å²) in [5.41, 5.74) is 4.79. The molecular formula is C17H18N2O6. The smallest absolute Gasteiger partial charge is 0.338 e. The van der Waals surface area contributed by atoms with Crippen LogP contribution in [0.1, 0.15) is 34.3 Å². The lowest BCUT2D eigenvalue weighted by molar-refractivity contribution is -0.123. The van der Waals surface area contributed by atoms with Crippen molar-refractivity contribution < 1.29 is 28.3 Å². The zero-order valence-corrected chi connectivity index (χ0v) is 13.6. The van der Waals surface area contributed by atoms with E-state index in [0.717, 1.165) is 6.42 Å². The van der Waals surface area contributed by atoms with Crippen molar-refractivity contribution >= 4 is 17.8 Å². The van der Waals surface area contributed by atoms with E-state index in [9.17, 15) is 14.4 Å². The SMILES string of the molecule is CCCOC(=O)c1ccc(OCC(=O)NNC(=O)c2ccco2)cc1. The monoisotopic (exact) mass is 346 g/mol. The Kier molecular flexibility index (Phi) is 6.58. The Balaban J connectivity index is 1.74. The fourth-order valence-corrected chi connectivity index (χ4v) is 1.75. The first kappa shape index (κ1) is 18.1. The molecule has 1 aromatic carbocycles. The molecule has 25 heavy (non-hydrogen) atoms. The second kappa shape index (κ2) is 9.11. The van der Waals surface area contributed by atoms with Crippen LogP contribution in [0.5, 0.6) is 5.75 Å².